The Morgan fingerprint density at radius 3 is 3.00 bits per heavy atom. The smallest absolute Gasteiger partial charge is 0.290 e. The number of piperazine rings is 1. The quantitative estimate of drug-likeness (QED) is 0.796. The molecule has 1 saturated heterocycles. The monoisotopic (exact) mass is 251 g/mol. The van der Waals surface area contributed by atoms with Gasteiger partial charge in [0.25, 0.3) is 5.91 Å². The molecule has 2 heterocycles. The normalized spacial score (nSPS) is 19.8. The second kappa shape index (κ2) is 5.22. The summed E-state index contributed by atoms with van der Waals surface area (Å²) in [5.41, 5.74) is 5.43. The molecule has 1 aromatic rings. The molecule has 98 valence electrons. The predicted molar refractivity (Wildman–Crippen MR) is 64.7 cm³/mol. The standard InChI is InChI=1S/C12H17N3O3/c1-2-9-11(16)14-5-6-15(9)12(17)10-4-3-8(7-13)18-10/h3-4,9H,2,5-7,13H2,1H3,(H,14,16). The molecule has 0 aliphatic carbocycles. The first-order chi connectivity index (χ1) is 8.67. The van der Waals surface area contributed by atoms with Crippen LogP contribution >= 0.6 is 0 Å². The summed E-state index contributed by atoms with van der Waals surface area (Å²) in [5, 5.41) is 2.75. The summed E-state index contributed by atoms with van der Waals surface area (Å²) < 4.78 is 5.33. The van der Waals surface area contributed by atoms with E-state index in [0.29, 0.717) is 25.3 Å². The summed E-state index contributed by atoms with van der Waals surface area (Å²) in [6.07, 6.45) is 0.585. The SMILES string of the molecule is CCC1C(=O)NCCN1C(=O)c1ccc(CN)o1. The highest BCUT2D eigenvalue weighted by atomic mass is 16.4. The lowest BCUT2D eigenvalue weighted by molar-refractivity contribution is -0.127. The van der Waals surface area contributed by atoms with E-state index in [-0.39, 0.29) is 24.1 Å². The summed E-state index contributed by atoms with van der Waals surface area (Å²) >= 11 is 0. The number of hydrogen-bond donors (Lipinski definition) is 2. The van der Waals surface area contributed by atoms with E-state index in [1.807, 2.05) is 6.92 Å². The number of rotatable bonds is 3. The third-order valence-corrected chi connectivity index (χ3v) is 3.05. The van der Waals surface area contributed by atoms with E-state index in [9.17, 15) is 9.59 Å². The molecule has 1 aliphatic heterocycles. The second-order valence-corrected chi connectivity index (χ2v) is 4.18. The van der Waals surface area contributed by atoms with E-state index in [1.165, 1.54) is 0 Å². The third-order valence-electron chi connectivity index (χ3n) is 3.05. The van der Waals surface area contributed by atoms with Crippen molar-refractivity contribution in [2.24, 2.45) is 5.73 Å². The minimum atomic E-state index is -0.419. The third kappa shape index (κ3) is 2.24. The average Bonchev–Trinajstić information content (AvgIpc) is 2.86. The van der Waals surface area contributed by atoms with Gasteiger partial charge in [0.2, 0.25) is 5.91 Å². The zero-order valence-electron chi connectivity index (χ0n) is 10.3. The van der Waals surface area contributed by atoms with Crippen LogP contribution in [0.2, 0.25) is 0 Å². The first kappa shape index (κ1) is 12.6. The number of furan rings is 1. The Hall–Kier alpha value is -1.82. The fourth-order valence-corrected chi connectivity index (χ4v) is 2.11. The Labute approximate surface area is 105 Å². The molecule has 3 N–H and O–H groups in total. The molecule has 1 aromatic heterocycles. The van der Waals surface area contributed by atoms with Crippen LogP contribution in [0.15, 0.2) is 16.5 Å². The lowest BCUT2D eigenvalue weighted by Crippen LogP contribution is -2.56. The minimum Gasteiger partial charge on any atom is -0.455 e. The van der Waals surface area contributed by atoms with Gasteiger partial charge in [-0.2, -0.15) is 0 Å². The van der Waals surface area contributed by atoms with Crippen LogP contribution in [0.3, 0.4) is 0 Å². The molecule has 0 saturated carbocycles. The van der Waals surface area contributed by atoms with Gasteiger partial charge in [0.05, 0.1) is 6.54 Å². The first-order valence-electron chi connectivity index (χ1n) is 6.04. The van der Waals surface area contributed by atoms with E-state index in [0.717, 1.165) is 0 Å². The second-order valence-electron chi connectivity index (χ2n) is 4.18. The molecule has 1 atom stereocenters. The molecule has 0 bridgehead atoms. The lowest BCUT2D eigenvalue weighted by Gasteiger charge is -2.33. The van der Waals surface area contributed by atoms with Crippen molar-refractivity contribution in [3.63, 3.8) is 0 Å². The van der Waals surface area contributed by atoms with Crippen LogP contribution in [-0.4, -0.2) is 35.8 Å². The molecular weight excluding hydrogens is 234 g/mol. The number of hydrogen-bond acceptors (Lipinski definition) is 4. The van der Waals surface area contributed by atoms with E-state index >= 15 is 0 Å². The summed E-state index contributed by atoms with van der Waals surface area (Å²) in [6, 6.07) is 2.86. The molecule has 0 aromatic carbocycles. The molecular formula is C12H17N3O3. The Kier molecular flexibility index (Phi) is 3.66. The molecule has 0 radical (unpaired) electrons. The van der Waals surface area contributed by atoms with Gasteiger partial charge in [-0.3, -0.25) is 9.59 Å². The number of nitrogens with one attached hydrogen (secondary N) is 1. The Balaban J connectivity index is 2.18. The molecule has 0 spiro atoms. The minimum absolute atomic E-state index is 0.109. The molecule has 1 unspecified atom stereocenters. The van der Waals surface area contributed by atoms with Gasteiger partial charge in [-0.1, -0.05) is 6.92 Å². The van der Waals surface area contributed by atoms with Gasteiger partial charge in [-0.15, -0.1) is 0 Å². The zero-order valence-corrected chi connectivity index (χ0v) is 10.3. The summed E-state index contributed by atoms with van der Waals surface area (Å²) in [5.74, 6) is 0.440. The number of nitrogens with zero attached hydrogens (tertiary/aromatic N) is 1. The molecule has 1 fully saturated rings. The Morgan fingerprint density at radius 2 is 2.39 bits per heavy atom. The number of amides is 2. The van der Waals surface area contributed by atoms with Crippen molar-refractivity contribution in [3.8, 4) is 0 Å². The van der Waals surface area contributed by atoms with Crippen molar-refractivity contribution in [2.45, 2.75) is 25.9 Å². The van der Waals surface area contributed by atoms with Crippen LogP contribution in [0.1, 0.15) is 29.7 Å². The van der Waals surface area contributed by atoms with Gasteiger partial charge in [-0.25, -0.2) is 0 Å². The first-order valence-corrected chi connectivity index (χ1v) is 6.04. The molecule has 18 heavy (non-hydrogen) atoms. The van der Waals surface area contributed by atoms with Crippen molar-refractivity contribution in [2.75, 3.05) is 13.1 Å². The Bertz CT molecular complexity index is 455. The van der Waals surface area contributed by atoms with Gasteiger partial charge in [-0.05, 0) is 18.6 Å². The van der Waals surface area contributed by atoms with E-state index in [4.69, 9.17) is 10.2 Å². The van der Waals surface area contributed by atoms with Crippen LogP contribution in [0.4, 0.5) is 0 Å². The van der Waals surface area contributed by atoms with E-state index in [2.05, 4.69) is 5.32 Å². The maximum absolute atomic E-state index is 12.3. The van der Waals surface area contributed by atoms with Gasteiger partial charge in [0, 0.05) is 13.1 Å². The lowest BCUT2D eigenvalue weighted by atomic mass is 10.1. The van der Waals surface area contributed by atoms with Crippen LogP contribution < -0.4 is 11.1 Å². The number of nitrogens with two attached hydrogens (primary N) is 1. The van der Waals surface area contributed by atoms with Crippen LogP contribution in [-0.2, 0) is 11.3 Å². The topological polar surface area (TPSA) is 88.6 Å². The summed E-state index contributed by atoms with van der Waals surface area (Å²) in [4.78, 5) is 25.5. The number of carbonyl (C=O) groups is 2. The van der Waals surface area contributed by atoms with Crippen molar-refractivity contribution < 1.29 is 14.0 Å². The zero-order chi connectivity index (χ0) is 13.1. The molecule has 2 rings (SSSR count). The molecule has 2 amide bonds. The average molecular weight is 251 g/mol. The largest absolute Gasteiger partial charge is 0.455 e. The summed E-state index contributed by atoms with van der Waals surface area (Å²) in [7, 11) is 0. The molecule has 6 nitrogen and oxygen atoms in total. The Morgan fingerprint density at radius 1 is 1.61 bits per heavy atom. The fraction of sp³-hybridized carbons (Fsp3) is 0.500. The van der Waals surface area contributed by atoms with E-state index in [1.54, 1.807) is 17.0 Å². The fourth-order valence-electron chi connectivity index (χ4n) is 2.11. The number of carbonyl (C=O) groups excluding carboxylic acids is 2. The highest BCUT2D eigenvalue weighted by Gasteiger charge is 2.33. The highest BCUT2D eigenvalue weighted by molar-refractivity contribution is 5.96. The van der Waals surface area contributed by atoms with Gasteiger partial charge in [0.15, 0.2) is 5.76 Å². The van der Waals surface area contributed by atoms with Crippen LogP contribution in [0.5, 0.6) is 0 Å². The van der Waals surface area contributed by atoms with Gasteiger partial charge in [0.1, 0.15) is 11.8 Å². The van der Waals surface area contributed by atoms with E-state index < -0.39 is 6.04 Å². The van der Waals surface area contributed by atoms with Crippen molar-refractivity contribution in [3.05, 3.63) is 23.7 Å². The van der Waals surface area contributed by atoms with Crippen molar-refractivity contribution in [1.82, 2.24) is 10.2 Å². The van der Waals surface area contributed by atoms with Crippen LogP contribution in [0.25, 0.3) is 0 Å². The van der Waals surface area contributed by atoms with Crippen LogP contribution in [0, 0.1) is 0 Å². The van der Waals surface area contributed by atoms with Gasteiger partial charge < -0.3 is 20.4 Å². The maximum Gasteiger partial charge on any atom is 0.290 e. The highest BCUT2D eigenvalue weighted by Crippen LogP contribution is 2.15. The van der Waals surface area contributed by atoms with Crippen molar-refractivity contribution >= 4 is 11.8 Å². The molecule has 6 heteroatoms. The predicted octanol–water partition coefficient (Wildman–Crippen LogP) is 0.0889. The maximum atomic E-state index is 12.3. The molecule has 1 aliphatic rings. The van der Waals surface area contributed by atoms with Crippen molar-refractivity contribution in [1.29, 1.82) is 0 Å². The van der Waals surface area contributed by atoms with Gasteiger partial charge >= 0.3 is 0 Å². The summed E-state index contributed by atoms with van der Waals surface area (Å²) in [6.45, 7) is 3.11.